The summed E-state index contributed by atoms with van der Waals surface area (Å²) in [5.74, 6) is 0. The van der Waals surface area contributed by atoms with Crippen LogP contribution >= 0.6 is 0 Å². The van der Waals surface area contributed by atoms with Crippen molar-refractivity contribution in [1.82, 2.24) is 0 Å². The third-order valence-corrected chi connectivity index (χ3v) is 1.87. The summed E-state index contributed by atoms with van der Waals surface area (Å²) >= 11 is 0. The molecule has 0 unspecified atom stereocenters. The van der Waals surface area contributed by atoms with Crippen LogP contribution in [0.15, 0.2) is 12.2 Å². The lowest BCUT2D eigenvalue weighted by molar-refractivity contribution is 0.273. The van der Waals surface area contributed by atoms with E-state index in [2.05, 4.69) is 11.1 Å². The zero-order chi connectivity index (χ0) is 10.2. The minimum atomic E-state index is -4.26. The van der Waals surface area contributed by atoms with E-state index in [-0.39, 0.29) is 6.61 Å². The Labute approximate surface area is 79.6 Å². The second kappa shape index (κ2) is 7.06. The van der Waals surface area contributed by atoms with Crippen molar-refractivity contribution >= 4 is 10.4 Å². The summed E-state index contributed by atoms with van der Waals surface area (Å²) in [5.41, 5.74) is 0. The molecule has 78 valence electrons. The van der Waals surface area contributed by atoms with E-state index in [1.165, 1.54) is 0 Å². The third-order valence-electron chi connectivity index (χ3n) is 1.41. The molecular formula is C8H16O4S. The predicted octanol–water partition coefficient (Wildman–Crippen LogP) is 1.94. The van der Waals surface area contributed by atoms with Gasteiger partial charge in [0.2, 0.25) is 0 Å². The molecule has 0 aromatic carbocycles. The minimum Gasteiger partial charge on any atom is -0.264 e. The van der Waals surface area contributed by atoms with Gasteiger partial charge in [-0.25, -0.2) is 4.18 Å². The first-order valence-corrected chi connectivity index (χ1v) is 5.69. The highest BCUT2D eigenvalue weighted by atomic mass is 32.3. The number of rotatable bonds is 7. The lowest BCUT2D eigenvalue weighted by Crippen LogP contribution is -2.03. The number of unbranched alkanes of at least 4 members (excludes halogenated alkanes) is 2. The summed E-state index contributed by atoms with van der Waals surface area (Å²) in [6.45, 7) is 2.11. The molecule has 0 aliphatic heterocycles. The molecule has 0 rings (SSSR count). The molecule has 0 aliphatic rings. The quantitative estimate of drug-likeness (QED) is 0.394. The van der Waals surface area contributed by atoms with Crippen LogP contribution in [-0.4, -0.2) is 19.6 Å². The second-order valence-corrected chi connectivity index (χ2v) is 3.74. The summed E-state index contributed by atoms with van der Waals surface area (Å²) < 4.78 is 32.4. The Morgan fingerprint density at radius 2 is 1.92 bits per heavy atom. The fraction of sp³-hybridized carbons (Fsp3) is 0.750. The van der Waals surface area contributed by atoms with Crippen molar-refractivity contribution in [2.45, 2.75) is 32.6 Å². The van der Waals surface area contributed by atoms with E-state index >= 15 is 0 Å². The standard InChI is InChI=1S/C8H16O4S/c1-2-3-4-5-6-7-8-12-13(9,10)11/h5-6H,2-4,7-8H2,1H3,(H,9,10,11)/b6-5-. The van der Waals surface area contributed by atoms with Crippen LogP contribution in [-0.2, 0) is 14.6 Å². The van der Waals surface area contributed by atoms with Crippen LogP contribution in [0, 0.1) is 0 Å². The second-order valence-electron chi connectivity index (χ2n) is 2.65. The Morgan fingerprint density at radius 3 is 2.46 bits per heavy atom. The first kappa shape index (κ1) is 12.6. The van der Waals surface area contributed by atoms with Crippen LogP contribution in [0.2, 0.25) is 0 Å². The van der Waals surface area contributed by atoms with Gasteiger partial charge in [-0.1, -0.05) is 31.9 Å². The van der Waals surface area contributed by atoms with Gasteiger partial charge in [-0.3, -0.25) is 4.55 Å². The zero-order valence-electron chi connectivity index (χ0n) is 7.77. The molecule has 0 aliphatic carbocycles. The van der Waals surface area contributed by atoms with Crippen molar-refractivity contribution in [2.24, 2.45) is 0 Å². The average Bonchev–Trinajstić information content (AvgIpc) is 2.01. The lowest BCUT2D eigenvalue weighted by Gasteiger charge is -1.95. The van der Waals surface area contributed by atoms with Crippen molar-refractivity contribution < 1.29 is 17.2 Å². The van der Waals surface area contributed by atoms with E-state index in [1.54, 1.807) is 0 Å². The molecule has 13 heavy (non-hydrogen) atoms. The fourth-order valence-electron chi connectivity index (χ4n) is 0.779. The van der Waals surface area contributed by atoms with E-state index in [4.69, 9.17) is 4.55 Å². The van der Waals surface area contributed by atoms with Crippen molar-refractivity contribution in [3.8, 4) is 0 Å². The van der Waals surface area contributed by atoms with Gasteiger partial charge in [0.15, 0.2) is 0 Å². The highest BCUT2D eigenvalue weighted by Crippen LogP contribution is 1.97. The van der Waals surface area contributed by atoms with Crippen molar-refractivity contribution in [1.29, 1.82) is 0 Å². The molecule has 4 nitrogen and oxygen atoms in total. The monoisotopic (exact) mass is 208 g/mol. The summed E-state index contributed by atoms with van der Waals surface area (Å²) in [5, 5.41) is 0. The van der Waals surface area contributed by atoms with Gasteiger partial charge in [0.05, 0.1) is 6.61 Å². The molecule has 0 heterocycles. The number of allylic oxidation sites excluding steroid dienone is 1. The Hall–Kier alpha value is -0.390. The molecule has 1 N–H and O–H groups in total. The van der Waals surface area contributed by atoms with E-state index in [0.717, 1.165) is 19.3 Å². The summed E-state index contributed by atoms with van der Waals surface area (Å²) in [6, 6.07) is 0. The van der Waals surface area contributed by atoms with Gasteiger partial charge in [0.25, 0.3) is 0 Å². The van der Waals surface area contributed by atoms with Crippen LogP contribution in [0.4, 0.5) is 0 Å². The molecule has 0 aromatic rings. The molecule has 0 saturated carbocycles. The topological polar surface area (TPSA) is 63.6 Å². The zero-order valence-corrected chi connectivity index (χ0v) is 8.59. The first-order valence-electron chi connectivity index (χ1n) is 4.33. The maximum atomic E-state index is 10.1. The Balaban J connectivity index is 3.30. The average molecular weight is 208 g/mol. The highest BCUT2D eigenvalue weighted by Gasteiger charge is 2.00. The molecule has 0 aromatic heterocycles. The molecule has 0 amide bonds. The van der Waals surface area contributed by atoms with Gasteiger partial charge in [0.1, 0.15) is 0 Å². The number of hydrogen-bond donors (Lipinski definition) is 1. The van der Waals surface area contributed by atoms with Crippen LogP contribution in [0.25, 0.3) is 0 Å². The highest BCUT2D eigenvalue weighted by molar-refractivity contribution is 7.80. The molecule has 5 heteroatoms. The normalized spacial score (nSPS) is 12.5. The van der Waals surface area contributed by atoms with Gasteiger partial charge in [0, 0.05) is 0 Å². The molecule has 0 saturated heterocycles. The number of hydrogen-bond acceptors (Lipinski definition) is 3. The smallest absolute Gasteiger partial charge is 0.264 e. The van der Waals surface area contributed by atoms with Crippen LogP contribution in [0.5, 0.6) is 0 Å². The van der Waals surface area contributed by atoms with Crippen LogP contribution in [0.1, 0.15) is 32.6 Å². The van der Waals surface area contributed by atoms with Gasteiger partial charge in [-0.2, -0.15) is 8.42 Å². The van der Waals surface area contributed by atoms with E-state index in [9.17, 15) is 8.42 Å². The van der Waals surface area contributed by atoms with Crippen LogP contribution < -0.4 is 0 Å². The van der Waals surface area contributed by atoms with Gasteiger partial charge in [-0.15, -0.1) is 0 Å². The third kappa shape index (κ3) is 11.6. The van der Waals surface area contributed by atoms with Gasteiger partial charge in [-0.05, 0) is 12.8 Å². The Morgan fingerprint density at radius 1 is 1.31 bits per heavy atom. The molecule has 0 fully saturated rings. The molecule has 0 atom stereocenters. The lowest BCUT2D eigenvalue weighted by atomic mass is 10.2. The maximum Gasteiger partial charge on any atom is 0.397 e. The summed E-state index contributed by atoms with van der Waals surface area (Å²) in [6.07, 6.45) is 7.62. The van der Waals surface area contributed by atoms with Gasteiger partial charge < -0.3 is 0 Å². The van der Waals surface area contributed by atoms with E-state index < -0.39 is 10.4 Å². The minimum absolute atomic E-state index is 0.00145. The predicted molar refractivity (Wildman–Crippen MR) is 50.8 cm³/mol. The largest absolute Gasteiger partial charge is 0.397 e. The Bertz CT molecular complexity index is 231. The summed E-state index contributed by atoms with van der Waals surface area (Å²) in [4.78, 5) is 0. The van der Waals surface area contributed by atoms with Crippen molar-refractivity contribution in [3.63, 3.8) is 0 Å². The fourth-order valence-corrected chi connectivity index (χ4v) is 1.09. The first-order chi connectivity index (χ1) is 6.06. The van der Waals surface area contributed by atoms with E-state index in [1.807, 2.05) is 12.2 Å². The molecule has 0 spiro atoms. The maximum absolute atomic E-state index is 10.1. The van der Waals surface area contributed by atoms with Crippen LogP contribution in [0.3, 0.4) is 0 Å². The van der Waals surface area contributed by atoms with Crippen molar-refractivity contribution in [3.05, 3.63) is 12.2 Å². The molecule has 0 bridgehead atoms. The van der Waals surface area contributed by atoms with Crippen molar-refractivity contribution in [2.75, 3.05) is 6.61 Å². The summed E-state index contributed by atoms with van der Waals surface area (Å²) in [7, 11) is -4.26. The Kier molecular flexibility index (Phi) is 6.84. The van der Waals surface area contributed by atoms with Gasteiger partial charge >= 0.3 is 10.4 Å². The van der Waals surface area contributed by atoms with E-state index in [0.29, 0.717) is 6.42 Å². The molecular weight excluding hydrogens is 192 g/mol. The SMILES string of the molecule is CCCC/C=C\CCOS(=O)(=O)O. The molecule has 0 radical (unpaired) electrons.